The quantitative estimate of drug-likeness (QED) is 0.909. The molecule has 0 bridgehead atoms. The Bertz CT molecular complexity index is 687. The number of rotatable bonds is 2. The van der Waals surface area contributed by atoms with E-state index in [1.807, 2.05) is 32.0 Å². The molecule has 0 aliphatic carbocycles. The van der Waals surface area contributed by atoms with E-state index in [0.29, 0.717) is 24.5 Å². The lowest BCUT2D eigenvalue weighted by Crippen LogP contribution is -2.49. The molecule has 0 spiro atoms. The fourth-order valence-electron chi connectivity index (χ4n) is 2.73. The molecule has 2 heterocycles. The highest BCUT2D eigenvalue weighted by molar-refractivity contribution is 7.86. The molecule has 1 aliphatic heterocycles. The zero-order valence-electron chi connectivity index (χ0n) is 12.5. The lowest BCUT2D eigenvalue weighted by molar-refractivity contribution is 0.0751. The van der Waals surface area contributed by atoms with Crippen molar-refractivity contribution in [2.24, 2.45) is 0 Å². The highest BCUT2D eigenvalue weighted by Crippen LogP contribution is 2.20. The Hall–Kier alpha value is -2.02. The molecule has 2 unspecified atom stereocenters. The zero-order valence-corrected chi connectivity index (χ0v) is 13.3. The second-order valence-electron chi connectivity index (χ2n) is 5.57. The largest absolute Gasteiger partial charge is 0.336 e. The van der Waals surface area contributed by atoms with Gasteiger partial charge in [0.05, 0.1) is 0 Å². The fourth-order valence-corrected chi connectivity index (χ4v) is 4.18. The van der Waals surface area contributed by atoms with Gasteiger partial charge in [-0.05, 0) is 26.0 Å². The average Bonchev–Trinajstić information content (AvgIpc) is 3.06. The third-order valence-corrected chi connectivity index (χ3v) is 5.72. The van der Waals surface area contributed by atoms with Crippen LogP contribution < -0.4 is 0 Å². The van der Waals surface area contributed by atoms with Crippen LogP contribution in [-0.2, 0) is 10.8 Å². The highest BCUT2D eigenvalue weighted by Gasteiger charge is 2.31. The highest BCUT2D eigenvalue weighted by atomic mass is 32.2. The Labute approximate surface area is 131 Å². The van der Waals surface area contributed by atoms with E-state index in [2.05, 4.69) is 15.2 Å². The Balaban J connectivity index is 1.84. The van der Waals surface area contributed by atoms with Gasteiger partial charge < -0.3 is 4.90 Å². The Morgan fingerprint density at radius 2 is 2.05 bits per heavy atom. The number of aromatic amines is 1. The number of benzene rings is 1. The predicted octanol–water partition coefficient (Wildman–Crippen LogP) is 1.45. The van der Waals surface area contributed by atoms with Gasteiger partial charge in [-0.15, -0.1) is 0 Å². The molecule has 1 saturated heterocycles. The Kier molecular flexibility index (Phi) is 4.06. The normalized spacial score (nSPS) is 25.2. The van der Waals surface area contributed by atoms with Crippen LogP contribution in [0.4, 0.5) is 0 Å². The fraction of sp³-hybridized carbons (Fsp3) is 0.400. The molecule has 22 heavy (non-hydrogen) atoms. The minimum Gasteiger partial charge on any atom is -0.336 e. The summed E-state index contributed by atoms with van der Waals surface area (Å²) in [5.41, 5.74) is 1.44. The maximum Gasteiger partial charge on any atom is 0.253 e. The van der Waals surface area contributed by atoms with Gasteiger partial charge in [0.25, 0.3) is 5.91 Å². The van der Waals surface area contributed by atoms with Crippen molar-refractivity contribution in [1.82, 2.24) is 20.1 Å². The van der Waals surface area contributed by atoms with Crippen molar-refractivity contribution in [3.05, 3.63) is 36.2 Å². The predicted molar refractivity (Wildman–Crippen MR) is 84.8 cm³/mol. The van der Waals surface area contributed by atoms with Gasteiger partial charge in [-0.2, -0.15) is 5.10 Å². The first-order chi connectivity index (χ1) is 10.6. The number of hydrogen-bond donors (Lipinski definition) is 1. The number of nitrogens with one attached hydrogen (secondary N) is 1. The molecule has 0 saturated carbocycles. The second-order valence-corrected chi connectivity index (χ2v) is 7.84. The van der Waals surface area contributed by atoms with E-state index in [1.54, 1.807) is 11.0 Å². The minimum absolute atomic E-state index is 0.00477. The molecule has 2 atom stereocenters. The molecule has 1 fully saturated rings. The molecule has 1 N–H and O–H groups in total. The number of nitrogens with zero attached hydrogens (tertiary/aromatic N) is 3. The van der Waals surface area contributed by atoms with Gasteiger partial charge >= 0.3 is 0 Å². The lowest BCUT2D eigenvalue weighted by Gasteiger charge is -2.34. The van der Waals surface area contributed by atoms with Crippen LogP contribution in [0.2, 0.25) is 0 Å². The van der Waals surface area contributed by atoms with E-state index in [1.165, 1.54) is 6.33 Å². The smallest absolute Gasteiger partial charge is 0.253 e. The molecule has 3 rings (SSSR count). The average molecular weight is 318 g/mol. The van der Waals surface area contributed by atoms with Gasteiger partial charge in [0.2, 0.25) is 0 Å². The monoisotopic (exact) mass is 318 g/mol. The molecule has 116 valence electrons. The zero-order chi connectivity index (χ0) is 15.7. The van der Waals surface area contributed by atoms with Gasteiger partial charge in [0.15, 0.2) is 5.82 Å². The third kappa shape index (κ3) is 2.81. The number of hydrogen-bond acceptors (Lipinski definition) is 4. The van der Waals surface area contributed by atoms with Crippen LogP contribution in [0.25, 0.3) is 11.4 Å². The first kappa shape index (κ1) is 14.9. The standard InChI is InChI=1S/C15H18N4O2S/c1-10-7-19(8-11(2)22(10)21)15(20)13-5-3-4-12(6-13)14-16-9-17-18-14/h3-6,9-11H,7-8H2,1-2H3,(H,16,17,18). The van der Waals surface area contributed by atoms with Gasteiger partial charge in [-0.3, -0.25) is 14.1 Å². The van der Waals surface area contributed by atoms with Crippen molar-refractivity contribution in [2.75, 3.05) is 13.1 Å². The lowest BCUT2D eigenvalue weighted by atomic mass is 10.1. The van der Waals surface area contributed by atoms with Crippen molar-refractivity contribution in [3.8, 4) is 11.4 Å². The molecule has 1 aromatic carbocycles. The summed E-state index contributed by atoms with van der Waals surface area (Å²) in [6.45, 7) is 4.92. The van der Waals surface area contributed by atoms with Gasteiger partial charge in [-0.25, -0.2) is 4.98 Å². The maximum atomic E-state index is 12.7. The van der Waals surface area contributed by atoms with E-state index in [0.717, 1.165) is 5.56 Å². The van der Waals surface area contributed by atoms with Crippen LogP contribution in [0.1, 0.15) is 24.2 Å². The Morgan fingerprint density at radius 1 is 1.32 bits per heavy atom. The molecule has 1 aliphatic rings. The minimum atomic E-state index is -0.869. The van der Waals surface area contributed by atoms with Crippen molar-refractivity contribution in [2.45, 2.75) is 24.3 Å². The van der Waals surface area contributed by atoms with Crippen molar-refractivity contribution in [1.29, 1.82) is 0 Å². The summed E-state index contributed by atoms with van der Waals surface area (Å²) in [4.78, 5) is 18.6. The van der Waals surface area contributed by atoms with Crippen LogP contribution in [0.15, 0.2) is 30.6 Å². The summed E-state index contributed by atoms with van der Waals surface area (Å²) in [5, 5.41) is 6.63. The van der Waals surface area contributed by atoms with Crippen LogP contribution in [0, 0.1) is 0 Å². The summed E-state index contributed by atoms with van der Waals surface area (Å²) < 4.78 is 12.0. The summed E-state index contributed by atoms with van der Waals surface area (Å²) in [5.74, 6) is 0.605. The van der Waals surface area contributed by atoms with Crippen molar-refractivity contribution in [3.63, 3.8) is 0 Å². The van der Waals surface area contributed by atoms with Gasteiger partial charge in [-0.1, -0.05) is 12.1 Å². The summed E-state index contributed by atoms with van der Waals surface area (Å²) in [6, 6.07) is 7.32. The van der Waals surface area contributed by atoms with E-state index < -0.39 is 10.8 Å². The molecule has 1 amide bonds. The molecule has 0 radical (unpaired) electrons. The number of amides is 1. The molecule has 6 nitrogen and oxygen atoms in total. The first-order valence-corrected chi connectivity index (χ1v) is 8.48. The molecule has 1 aromatic heterocycles. The third-order valence-electron chi connectivity index (χ3n) is 3.83. The molecular weight excluding hydrogens is 300 g/mol. The summed E-state index contributed by atoms with van der Waals surface area (Å²) in [6.07, 6.45) is 1.44. The van der Waals surface area contributed by atoms with E-state index in [9.17, 15) is 9.00 Å². The van der Waals surface area contributed by atoms with E-state index in [4.69, 9.17) is 0 Å². The van der Waals surface area contributed by atoms with Crippen LogP contribution in [-0.4, -0.2) is 53.8 Å². The SMILES string of the molecule is CC1CN(C(=O)c2cccc(-c3ncn[nH]3)c2)CC(C)S1=O. The number of aromatic nitrogens is 3. The Morgan fingerprint density at radius 3 is 2.68 bits per heavy atom. The summed E-state index contributed by atoms with van der Waals surface area (Å²) >= 11 is 0. The van der Waals surface area contributed by atoms with Crippen LogP contribution in [0.3, 0.4) is 0 Å². The topological polar surface area (TPSA) is 79.0 Å². The number of carbonyl (C=O) groups is 1. The number of carbonyl (C=O) groups excluding carboxylic acids is 1. The van der Waals surface area contributed by atoms with Crippen molar-refractivity contribution >= 4 is 16.7 Å². The van der Waals surface area contributed by atoms with Gasteiger partial charge in [0.1, 0.15) is 6.33 Å². The molecular formula is C15H18N4O2S. The van der Waals surface area contributed by atoms with Gasteiger partial charge in [0, 0.05) is 45.5 Å². The summed E-state index contributed by atoms with van der Waals surface area (Å²) in [7, 11) is -0.869. The maximum absolute atomic E-state index is 12.7. The van der Waals surface area contributed by atoms with Crippen LogP contribution in [0.5, 0.6) is 0 Å². The van der Waals surface area contributed by atoms with Crippen molar-refractivity contribution < 1.29 is 9.00 Å². The number of H-pyrrole nitrogens is 1. The molecule has 2 aromatic rings. The second kappa shape index (κ2) is 6.00. The van der Waals surface area contributed by atoms with Crippen LogP contribution >= 0.6 is 0 Å². The van der Waals surface area contributed by atoms with E-state index >= 15 is 0 Å². The van der Waals surface area contributed by atoms with E-state index in [-0.39, 0.29) is 16.4 Å². The first-order valence-electron chi connectivity index (χ1n) is 7.20. The molecule has 7 heteroatoms.